The van der Waals surface area contributed by atoms with Crippen molar-refractivity contribution in [1.29, 1.82) is 0 Å². The minimum Gasteiger partial charge on any atom is -0.478 e. The number of carboxylic acid groups (broad SMARTS) is 1. The van der Waals surface area contributed by atoms with Gasteiger partial charge in [0.05, 0.1) is 11.7 Å². The summed E-state index contributed by atoms with van der Waals surface area (Å²) in [5, 5.41) is 23.4. The summed E-state index contributed by atoms with van der Waals surface area (Å²) < 4.78 is 0. The van der Waals surface area contributed by atoms with Crippen LogP contribution in [0.4, 0.5) is 0 Å². The van der Waals surface area contributed by atoms with Crippen molar-refractivity contribution in [3.63, 3.8) is 0 Å². The van der Waals surface area contributed by atoms with Crippen molar-refractivity contribution in [2.75, 3.05) is 6.54 Å². The van der Waals surface area contributed by atoms with Crippen molar-refractivity contribution >= 4 is 5.97 Å². The Morgan fingerprint density at radius 3 is 2.19 bits per heavy atom. The van der Waals surface area contributed by atoms with Gasteiger partial charge in [0.2, 0.25) is 0 Å². The second kappa shape index (κ2) is 11.1. The number of rotatable bonds is 10. The van der Waals surface area contributed by atoms with Crippen LogP contribution in [-0.2, 0) is 12.8 Å². The molecule has 0 aliphatic carbocycles. The molecule has 4 nitrogen and oxygen atoms in total. The Labute approximate surface area is 190 Å². The molecule has 0 unspecified atom stereocenters. The van der Waals surface area contributed by atoms with E-state index in [1.807, 2.05) is 49.4 Å². The van der Waals surface area contributed by atoms with Gasteiger partial charge in [0.25, 0.3) is 0 Å². The average molecular weight is 432 g/mol. The van der Waals surface area contributed by atoms with Crippen molar-refractivity contribution in [3.8, 4) is 11.1 Å². The van der Waals surface area contributed by atoms with E-state index in [1.165, 1.54) is 5.56 Å². The number of carboxylic acids is 1. The normalized spacial score (nSPS) is 13.2. The monoisotopic (exact) mass is 431 g/mol. The summed E-state index contributed by atoms with van der Waals surface area (Å²) in [6.07, 6.45) is 1.07. The van der Waals surface area contributed by atoms with Crippen LogP contribution in [0.15, 0.2) is 72.8 Å². The molecule has 0 saturated heterocycles. The highest BCUT2D eigenvalue weighted by Gasteiger charge is 2.15. The average Bonchev–Trinajstić information content (AvgIpc) is 2.79. The molecule has 0 aliphatic rings. The molecule has 0 radical (unpaired) electrons. The summed E-state index contributed by atoms with van der Waals surface area (Å²) in [5.41, 5.74) is 5.52. The van der Waals surface area contributed by atoms with E-state index in [4.69, 9.17) is 0 Å². The van der Waals surface area contributed by atoms with E-state index >= 15 is 0 Å². The molecule has 0 fully saturated rings. The molecule has 168 valence electrons. The minimum absolute atomic E-state index is 0.0381. The molecule has 0 aliphatic heterocycles. The van der Waals surface area contributed by atoms with Gasteiger partial charge in [-0.1, -0.05) is 80.6 Å². The van der Waals surface area contributed by atoms with Crippen LogP contribution in [0.25, 0.3) is 11.1 Å². The molecule has 3 rings (SSSR count). The van der Waals surface area contributed by atoms with Gasteiger partial charge in [-0.2, -0.15) is 0 Å². The molecule has 3 N–H and O–H groups in total. The van der Waals surface area contributed by atoms with Crippen molar-refractivity contribution in [3.05, 3.63) is 95.1 Å². The fraction of sp³-hybridized carbons (Fsp3) is 0.321. The smallest absolute Gasteiger partial charge is 0.335 e. The fourth-order valence-electron chi connectivity index (χ4n) is 3.95. The zero-order valence-electron chi connectivity index (χ0n) is 19.1. The van der Waals surface area contributed by atoms with Crippen LogP contribution in [0.2, 0.25) is 0 Å². The van der Waals surface area contributed by atoms with Crippen molar-refractivity contribution in [2.24, 2.45) is 5.92 Å². The lowest BCUT2D eigenvalue weighted by atomic mass is 9.93. The fourth-order valence-corrected chi connectivity index (χ4v) is 3.95. The van der Waals surface area contributed by atoms with Crippen LogP contribution in [0.3, 0.4) is 0 Å². The van der Waals surface area contributed by atoms with Gasteiger partial charge in [-0.3, -0.25) is 0 Å². The van der Waals surface area contributed by atoms with E-state index in [0.717, 1.165) is 41.6 Å². The van der Waals surface area contributed by atoms with E-state index in [9.17, 15) is 15.0 Å². The Kier molecular flexibility index (Phi) is 8.20. The van der Waals surface area contributed by atoms with Gasteiger partial charge in [-0.15, -0.1) is 0 Å². The lowest BCUT2D eigenvalue weighted by molar-refractivity contribution is 0.0695. The maximum absolute atomic E-state index is 11.5. The largest absolute Gasteiger partial charge is 0.478 e. The standard InChI is InChI=1S/C28H33NO3/c1-19(2)17-25-18-24(13-14-26(25)28(31)32)22-11-9-21(10-12-22)15-16-29-20(3)27(30)23-7-5-4-6-8-23/h4-14,18-20,27,29-30H,15-17H2,1-3H3,(H,31,32)/t20-,27+/m0/s1. The quantitative estimate of drug-likeness (QED) is 0.396. The maximum atomic E-state index is 11.5. The molecule has 0 aromatic heterocycles. The number of carbonyl (C=O) groups is 1. The molecule has 0 amide bonds. The molecule has 4 heteroatoms. The van der Waals surface area contributed by atoms with Crippen LogP contribution in [-0.4, -0.2) is 28.8 Å². The van der Waals surface area contributed by atoms with Crippen molar-refractivity contribution < 1.29 is 15.0 Å². The second-order valence-electron chi connectivity index (χ2n) is 8.82. The number of hydrogen-bond donors (Lipinski definition) is 3. The highest BCUT2D eigenvalue weighted by Crippen LogP contribution is 2.25. The van der Waals surface area contributed by atoms with E-state index < -0.39 is 12.1 Å². The summed E-state index contributed by atoms with van der Waals surface area (Å²) in [7, 11) is 0. The summed E-state index contributed by atoms with van der Waals surface area (Å²) in [6, 6.07) is 23.7. The SMILES string of the molecule is CC(C)Cc1cc(-c2ccc(CCN[C@@H](C)[C@@H](O)c3ccccc3)cc2)ccc1C(=O)O. The lowest BCUT2D eigenvalue weighted by Crippen LogP contribution is -2.33. The Balaban J connectivity index is 1.61. The number of aliphatic hydroxyl groups is 1. The van der Waals surface area contributed by atoms with E-state index in [1.54, 1.807) is 6.07 Å². The molecule has 0 spiro atoms. The van der Waals surface area contributed by atoms with Gasteiger partial charge < -0.3 is 15.5 Å². The zero-order valence-corrected chi connectivity index (χ0v) is 19.1. The number of aliphatic hydroxyl groups excluding tert-OH is 1. The zero-order chi connectivity index (χ0) is 23.1. The van der Waals surface area contributed by atoms with Gasteiger partial charge in [-0.05, 0) is 66.1 Å². The Hall–Kier alpha value is -2.95. The number of hydrogen-bond acceptors (Lipinski definition) is 3. The predicted octanol–water partition coefficient (Wildman–Crippen LogP) is 5.50. The van der Waals surface area contributed by atoms with Crippen LogP contribution >= 0.6 is 0 Å². The Morgan fingerprint density at radius 1 is 0.906 bits per heavy atom. The molecule has 3 aromatic carbocycles. The molecule has 0 saturated carbocycles. The van der Waals surface area contributed by atoms with Gasteiger partial charge in [0.1, 0.15) is 0 Å². The Bertz CT molecular complexity index is 1010. The van der Waals surface area contributed by atoms with Crippen LogP contribution in [0.5, 0.6) is 0 Å². The first-order valence-corrected chi connectivity index (χ1v) is 11.3. The number of nitrogens with one attached hydrogen (secondary N) is 1. The van der Waals surface area contributed by atoms with E-state index in [2.05, 4.69) is 43.4 Å². The predicted molar refractivity (Wildman–Crippen MR) is 130 cm³/mol. The first-order valence-electron chi connectivity index (χ1n) is 11.3. The van der Waals surface area contributed by atoms with Crippen LogP contribution < -0.4 is 5.32 Å². The van der Waals surface area contributed by atoms with Crippen molar-refractivity contribution in [1.82, 2.24) is 5.32 Å². The lowest BCUT2D eigenvalue weighted by Gasteiger charge is -2.20. The third-order valence-electron chi connectivity index (χ3n) is 5.75. The molecule has 0 heterocycles. The number of aromatic carboxylic acids is 1. The summed E-state index contributed by atoms with van der Waals surface area (Å²) >= 11 is 0. The topological polar surface area (TPSA) is 69.6 Å². The summed E-state index contributed by atoms with van der Waals surface area (Å²) in [4.78, 5) is 11.5. The Morgan fingerprint density at radius 2 is 1.56 bits per heavy atom. The second-order valence-corrected chi connectivity index (χ2v) is 8.82. The van der Waals surface area contributed by atoms with Gasteiger partial charge in [-0.25, -0.2) is 4.79 Å². The third kappa shape index (κ3) is 6.28. The van der Waals surface area contributed by atoms with Gasteiger partial charge >= 0.3 is 5.97 Å². The maximum Gasteiger partial charge on any atom is 0.335 e. The summed E-state index contributed by atoms with van der Waals surface area (Å²) in [5.74, 6) is -0.484. The molecule has 32 heavy (non-hydrogen) atoms. The molecule has 3 aromatic rings. The van der Waals surface area contributed by atoms with Crippen LogP contribution in [0.1, 0.15) is 53.9 Å². The van der Waals surface area contributed by atoms with Crippen LogP contribution in [0, 0.1) is 5.92 Å². The minimum atomic E-state index is -0.873. The van der Waals surface area contributed by atoms with Gasteiger partial charge in [0, 0.05) is 6.04 Å². The molecular weight excluding hydrogens is 398 g/mol. The van der Waals surface area contributed by atoms with Crippen molar-refractivity contribution in [2.45, 2.75) is 45.8 Å². The first kappa shape index (κ1) is 23.7. The molecular formula is C28H33NO3. The molecule has 2 atom stereocenters. The van der Waals surface area contributed by atoms with E-state index in [0.29, 0.717) is 11.5 Å². The highest BCUT2D eigenvalue weighted by atomic mass is 16.4. The summed E-state index contributed by atoms with van der Waals surface area (Å²) in [6.45, 7) is 6.97. The number of benzene rings is 3. The molecule has 0 bridgehead atoms. The van der Waals surface area contributed by atoms with Gasteiger partial charge in [0.15, 0.2) is 0 Å². The first-order chi connectivity index (χ1) is 15.3. The third-order valence-corrected chi connectivity index (χ3v) is 5.75. The highest BCUT2D eigenvalue weighted by molar-refractivity contribution is 5.90. The van der Waals surface area contributed by atoms with E-state index in [-0.39, 0.29) is 6.04 Å².